The number of benzene rings is 1. The fourth-order valence-corrected chi connectivity index (χ4v) is 1.55. The number of aromatic nitrogens is 2. The molecule has 0 amide bonds. The van der Waals surface area contributed by atoms with Crippen LogP contribution in [0.2, 0.25) is 5.15 Å². The quantitative estimate of drug-likeness (QED) is 0.835. The third kappa shape index (κ3) is 2.88. The number of aryl methyl sites for hydroxylation is 1. The molecule has 6 heteroatoms. The Balaban J connectivity index is 2.31. The zero-order valence-corrected chi connectivity index (χ0v) is 9.59. The Hall–Kier alpha value is -1.75. The van der Waals surface area contributed by atoms with Gasteiger partial charge in [-0.05, 0) is 19.1 Å². The SMILES string of the molecule is Cc1nc(Cl)cc(Nc2ccc(F)cc2F)n1. The van der Waals surface area contributed by atoms with Gasteiger partial charge in [-0.15, -0.1) is 0 Å². The Labute approximate surface area is 101 Å². The predicted molar refractivity (Wildman–Crippen MR) is 61.4 cm³/mol. The minimum Gasteiger partial charge on any atom is -0.338 e. The Kier molecular flexibility index (Phi) is 3.19. The van der Waals surface area contributed by atoms with E-state index in [1.807, 2.05) is 0 Å². The van der Waals surface area contributed by atoms with Crippen LogP contribution in [0, 0.1) is 18.6 Å². The number of nitrogens with one attached hydrogen (secondary N) is 1. The van der Waals surface area contributed by atoms with E-state index < -0.39 is 11.6 Å². The van der Waals surface area contributed by atoms with Gasteiger partial charge in [0, 0.05) is 12.1 Å². The molecule has 1 aromatic carbocycles. The normalized spacial score (nSPS) is 10.4. The van der Waals surface area contributed by atoms with Crippen LogP contribution in [-0.4, -0.2) is 9.97 Å². The third-order valence-electron chi connectivity index (χ3n) is 2.00. The minimum absolute atomic E-state index is 0.126. The van der Waals surface area contributed by atoms with E-state index in [2.05, 4.69) is 15.3 Å². The van der Waals surface area contributed by atoms with Crippen molar-refractivity contribution in [3.05, 3.63) is 46.9 Å². The molecule has 2 aromatic rings. The molecule has 0 bridgehead atoms. The lowest BCUT2D eigenvalue weighted by atomic mass is 10.3. The lowest BCUT2D eigenvalue weighted by Gasteiger charge is -2.07. The largest absolute Gasteiger partial charge is 0.338 e. The van der Waals surface area contributed by atoms with Gasteiger partial charge in [0.1, 0.15) is 28.4 Å². The summed E-state index contributed by atoms with van der Waals surface area (Å²) in [6.07, 6.45) is 0. The molecule has 3 nitrogen and oxygen atoms in total. The van der Waals surface area contributed by atoms with Gasteiger partial charge >= 0.3 is 0 Å². The van der Waals surface area contributed by atoms with Gasteiger partial charge in [0.2, 0.25) is 0 Å². The van der Waals surface area contributed by atoms with Gasteiger partial charge in [-0.2, -0.15) is 0 Å². The number of hydrogen-bond acceptors (Lipinski definition) is 3. The average molecular weight is 256 g/mol. The van der Waals surface area contributed by atoms with Crippen LogP contribution in [0.5, 0.6) is 0 Å². The molecule has 0 spiro atoms. The summed E-state index contributed by atoms with van der Waals surface area (Å²) in [4.78, 5) is 7.90. The van der Waals surface area contributed by atoms with Crippen molar-refractivity contribution in [3.63, 3.8) is 0 Å². The molecule has 17 heavy (non-hydrogen) atoms. The van der Waals surface area contributed by atoms with Crippen molar-refractivity contribution in [1.82, 2.24) is 9.97 Å². The first kappa shape index (κ1) is 11.7. The van der Waals surface area contributed by atoms with E-state index in [4.69, 9.17) is 11.6 Å². The van der Waals surface area contributed by atoms with Crippen LogP contribution in [0.4, 0.5) is 20.3 Å². The zero-order valence-electron chi connectivity index (χ0n) is 8.84. The Morgan fingerprint density at radius 1 is 1.18 bits per heavy atom. The van der Waals surface area contributed by atoms with Crippen molar-refractivity contribution in [2.75, 3.05) is 5.32 Å². The molecule has 1 heterocycles. The lowest BCUT2D eigenvalue weighted by molar-refractivity contribution is 0.586. The van der Waals surface area contributed by atoms with Crippen molar-refractivity contribution in [2.24, 2.45) is 0 Å². The molecule has 0 unspecified atom stereocenters. The van der Waals surface area contributed by atoms with Crippen LogP contribution >= 0.6 is 11.6 Å². The highest BCUT2D eigenvalue weighted by Gasteiger charge is 2.06. The molecule has 0 radical (unpaired) electrons. The summed E-state index contributed by atoms with van der Waals surface area (Å²) in [5.74, 6) is -0.516. The Bertz CT molecular complexity index is 540. The van der Waals surface area contributed by atoms with E-state index in [1.165, 1.54) is 12.1 Å². The zero-order chi connectivity index (χ0) is 12.4. The van der Waals surface area contributed by atoms with Crippen molar-refractivity contribution >= 4 is 23.1 Å². The number of halogens is 3. The van der Waals surface area contributed by atoms with Gasteiger partial charge in [0.15, 0.2) is 0 Å². The summed E-state index contributed by atoms with van der Waals surface area (Å²) >= 11 is 5.74. The summed E-state index contributed by atoms with van der Waals surface area (Å²) in [5.41, 5.74) is 0.126. The summed E-state index contributed by atoms with van der Waals surface area (Å²) in [6.45, 7) is 1.66. The van der Waals surface area contributed by atoms with Crippen LogP contribution in [-0.2, 0) is 0 Å². The van der Waals surface area contributed by atoms with E-state index in [1.54, 1.807) is 6.92 Å². The first-order valence-corrected chi connectivity index (χ1v) is 5.15. The smallest absolute Gasteiger partial charge is 0.149 e. The van der Waals surface area contributed by atoms with Crippen molar-refractivity contribution < 1.29 is 8.78 Å². The fraction of sp³-hybridized carbons (Fsp3) is 0.0909. The molecular weight excluding hydrogens is 248 g/mol. The Morgan fingerprint density at radius 2 is 1.94 bits per heavy atom. The van der Waals surface area contributed by atoms with Crippen molar-refractivity contribution in [2.45, 2.75) is 6.92 Å². The van der Waals surface area contributed by atoms with Gasteiger partial charge in [-0.3, -0.25) is 0 Å². The lowest BCUT2D eigenvalue weighted by Crippen LogP contribution is -1.99. The molecule has 0 atom stereocenters. The molecule has 0 aliphatic rings. The molecule has 0 saturated heterocycles. The van der Waals surface area contributed by atoms with Gasteiger partial charge < -0.3 is 5.32 Å². The Morgan fingerprint density at radius 3 is 2.59 bits per heavy atom. The van der Waals surface area contributed by atoms with Gasteiger partial charge in [-0.25, -0.2) is 18.7 Å². The molecule has 2 rings (SSSR count). The van der Waals surface area contributed by atoms with E-state index >= 15 is 0 Å². The summed E-state index contributed by atoms with van der Waals surface area (Å²) in [5, 5.41) is 2.96. The van der Waals surface area contributed by atoms with E-state index in [0.717, 1.165) is 12.1 Å². The monoisotopic (exact) mass is 255 g/mol. The molecule has 0 fully saturated rings. The standard InChI is InChI=1S/C11H8ClF2N3/c1-6-15-10(12)5-11(16-6)17-9-3-2-7(13)4-8(9)14/h2-5H,1H3,(H,15,16,17). The molecule has 0 aliphatic heterocycles. The van der Waals surface area contributed by atoms with Crippen LogP contribution in [0.1, 0.15) is 5.82 Å². The van der Waals surface area contributed by atoms with Crippen LogP contribution < -0.4 is 5.32 Å². The molecule has 0 saturated carbocycles. The van der Waals surface area contributed by atoms with Crippen molar-refractivity contribution in [3.8, 4) is 0 Å². The second-order valence-electron chi connectivity index (χ2n) is 3.37. The first-order valence-electron chi connectivity index (χ1n) is 4.78. The molecule has 1 aromatic heterocycles. The van der Waals surface area contributed by atoms with Gasteiger partial charge in [-0.1, -0.05) is 11.6 Å². The maximum absolute atomic E-state index is 13.4. The van der Waals surface area contributed by atoms with E-state index in [-0.39, 0.29) is 10.8 Å². The summed E-state index contributed by atoms with van der Waals surface area (Å²) in [6, 6.07) is 4.69. The highest BCUT2D eigenvalue weighted by molar-refractivity contribution is 6.29. The predicted octanol–water partition coefficient (Wildman–Crippen LogP) is 3.46. The number of hydrogen-bond donors (Lipinski definition) is 1. The maximum atomic E-state index is 13.4. The molecule has 88 valence electrons. The number of rotatable bonds is 2. The topological polar surface area (TPSA) is 37.8 Å². The van der Waals surface area contributed by atoms with Crippen LogP contribution in [0.3, 0.4) is 0 Å². The van der Waals surface area contributed by atoms with Crippen LogP contribution in [0.25, 0.3) is 0 Å². The second-order valence-corrected chi connectivity index (χ2v) is 3.76. The molecule has 1 N–H and O–H groups in total. The highest BCUT2D eigenvalue weighted by atomic mass is 35.5. The number of anilines is 2. The number of nitrogens with zero attached hydrogens (tertiary/aromatic N) is 2. The van der Waals surface area contributed by atoms with Gasteiger partial charge in [0.05, 0.1) is 5.69 Å². The van der Waals surface area contributed by atoms with Crippen LogP contribution in [0.15, 0.2) is 24.3 Å². The van der Waals surface area contributed by atoms with E-state index in [0.29, 0.717) is 11.6 Å². The summed E-state index contributed by atoms with van der Waals surface area (Å²) in [7, 11) is 0. The third-order valence-corrected chi connectivity index (χ3v) is 2.19. The second kappa shape index (κ2) is 4.63. The van der Waals surface area contributed by atoms with Gasteiger partial charge in [0.25, 0.3) is 0 Å². The average Bonchev–Trinajstić information content (AvgIpc) is 2.21. The minimum atomic E-state index is -0.697. The summed E-state index contributed by atoms with van der Waals surface area (Å²) < 4.78 is 26.1. The van der Waals surface area contributed by atoms with E-state index in [9.17, 15) is 8.78 Å². The van der Waals surface area contributed by atoms with Crippen molar-refractivity contribution in [1.29, 1.82) is 0 Å². The maximum Gasteiger partial charge on any atom is 0.149 e. The molecular formula is C11H8ClF2N3. The first-order chi connectivity index (χ1) is 8.04. The fourth-order valence-electron chi connectivity index (χ4n) is 1.32. The molecule has 0 aliphatic carbocycles. The highest BCUT2D eigenvalue weighted by Crippen LogP contribution is 2.20.